The normalized spacial score (nSPS) is 18.7. The maximum atomic E-state index is 10.4. The lowest BCUT2D eigenvalue weighted by atomic mass is 9.99. The number of aliphatic hydroxyl groups is 1. The Balaban J connectivity index is 1.91. The molecule has 0 saturated carbocycles. The second kappa shape index (κ2) is 7.21. The van der Waals surface area contributed by atoms with E-state index in [1.807, 2.05) is 0 Å². The Hall–Kier alpha value is -0.900. The highest BCUT2D eigenvalue weighted by Crippen LogP contribution is 2.21. The van der Waals surface area contributed by atoms with Crippen molar-refractivity contribution in [2.45, 2.75) is 44.8 Å². The van der Waals surface area contributed by atoms with Crippen molar-refractivity contribution < 1.29 is 9.84 Å². The average Bonchev–Trinajstić information content (AvgIpc) is 2.48. The molecule has 0 radical (unpaired) electrons. The molecule has 1 fully saturated rings. The maximum absolute atomic E-state index is 10.4. The van der Waals surface area contributed by atoms with Crippen LogP contribution in [-0.4, -0.2) is 42.9 Å². The number of aliphatic hydroxyl groups excluding tert-OH is 1. The van der Waals surface area contributed by atoms with Crippen molar-refractivity contribution in [1.82, 2.24) is 4.90 Å². The molecule has 1 aliphatic rings. The number of likely N-dealkylation sites (N-methyl/N-ethyl adjacent to an activating group) is 1. The summed E-state index contributed by atoms with van der Waals surface area (Å²) in [4.78, 5) is 2.27. The lowest BCUT2D eigenvalue weighted by Gasteiger charge is -2.32. The second-order valence-corrected chi connectivity index (χ2v) is 6.12. The largest absolute Gasteiger partial charge is 0.387 e. The van der Waals surface area contributed by atoms with Gasteiger partial charge in [-0.25, -0.2) is 0 Å². The fraction of sp³-hybridized carbons (Fsp3) is 0.647. The summed E-state index contributed by atoms with van der Waals surface area (Å²) < 4.78 is 5.39. The van der Waals surface area contributed by atoms with Crippen molar-refractivity contribution in [2.75, 3.05) is 26.8 Å². The van der Waals surface area contributed by atoms with Gasteiger partial charge in [0.1, 0.15) is 0 Å². The highest BCUT2D eigenvalue weighted by molar-refractivity contribution is 5.26. The fourth-order valence-electron chi connectivity index (χ4n) is 2.76. The number of ether oxygens (including phenoxy) is 1. The third-order valence-electron chi connectivity index (χ3n) is 4.26. The molecule has 112 valence electrons. The van der Waals surface area contributed by atoms with Crippen LogP contribution in [-0.2, 0) is 4.74 Å². The van der Waals surface area contributed by atoms with Gasteiger partial charge < -0.3 is 14.7 Å². The smallest absolute Gasteiger partial charge is 0.0916 e. The van der Waals surface area contributed by atoms with Gasteiger partial charge in [-0.15, -0.1) is 0 Å². The van der Waals surface area contributed by atoms with E-state index in [0.717, 1.165) is 31.6 Å². The van der Waals surface area contributed by atoms with Crippen LogP contribution < -0.4 is 0 Å². The summed E-state index contributed by atoms with van der Waals surface area (Å²) in [6.07, 6.45) is 1.72. The van der Waals surface area contributed by atoms with Crippen molar-refractivity contribution in [3.63, 3.8) is 0 Å². The minimum atomic E-state index is -0.413. The first kappa shape index (κ1) is 15.5. The SMILES string of the molecule is CC(C)c1ccc(C(O)CN(C)C2CCOCC2)cc1. The van der Waals surface area contributed by atoms with E-state index in [-0.39, 0.29) is 0 Å². The average molecular weight is 277 g/mol. The van der Waals surface area contributed by atoms with Gasteiger partial charge >= 0.3 is 0 Å². The van der Waals surface area contributed by atoms with E-state index in [4.69, 9.17) is 4.74 Å². The summed E-state index contributed by atoms with van der Waals surface area (Å²) in [5.41, 5.74) is 2.33. The molecule has 0 aliphatic carbocycles. The molecule has 1 aromatic rings. The van der Waals surface area contributed by atoms with Crippen molar-refractivity contribution in [1.29, 1.82) is 0 Å². The van der Waals surface area contributed by atoms with E-state index < -0.39 is 6.10 Å². The summed E-state index contributed by atoms with van der Waals surface area (Å²) in [6.45, 7) is 6.74. The predicted molar refractivity (Wildman–Crippen MR) is 82.0 cm³/mol. The topological polar surface area (TPSA) is 32.7 Å². The van der Waals surface area contributed by atoms with E-state index >= 15 is 0 Å². The lowest BCUT2D eigenvalue weighted by molar-refractivity contribution is 0.0253. The van der Waals surface area contributed by atoms with Crippen LogP contribution in [0.3, 0.4) is 0 Å². The van der Waals surface area contributed by atoms with Crippen LogP contribution in [0.15, 0.2) is 24.3 Å². The number of hydrogen-bond donors (Lipinski definition) is 1. The monoisotopic (exact) mass is 277 g/mol. The van der Waals surface area contributed by atoms with Crippen LogP contribution in [0, 0.1) is 0 Å². The molecule has 20 heavy (non-hydrogen) atoms. The molecule has 0 aromatic heterocycles. The van der Waals surface area contributed by atoms with Crippen molar-refractivity contribution >= 4 is 0 Å². The van der Waals surface area contributed by atoms with Crippen LogP contribution in [0.25, 0.3) is 0 Å². The van der Waals surface area contributed by atoms with Crippen LogP contribution >= 0.6 is 0 Å². The number of rotatable bonds is 5. The van der Waals surface area contributed by atoms with Crippen molar-refractivity contribution in [3.8, 4) is 0 Å². The zero-order valence-electron chi connectivity index (χ0n) is 12.9. The van der Waals surface area contributed by atoms with Crippen LogP contribution in [0.4, 0.5) is 0 Å². The quantitative estimate of drug-likeness (QED) is 0.898. The molecule has 1 saturated heterocycles. The van der Waals surface area contributed by atoms with Gasteiger partial charge in [-0.05, 0) is 36.9 Å². The van der Waals surface area contributed by atoms with Crippen molar-refractivity contribution in [3.05, 3.63) is 35.4 Å². The number of hydrogen-bond acceptors (Lipinski definition) is 3. The second-order valence-electron chi connectivity index (χ2n) is 6.12. The molecule has 0 spiro atoms. The predicted octanol–water partition coefficient (Wildman–Crippen LogP) is 2.95. The standard InChI is InChI=1S/C17H27NO2/c1-13(2)14-4-6-15(7-5-14)17(19)12-18(3)16-8-10-20-11-9-16/h4-7,13,16-17,19H,8-12H2,1-3H3. The summed E-state index contributed by atoms with van der Waals surface area (Å²) >= 11 is 0. The van der Waals surface area contributed by atoms with Crippen LogP contribution in [0.5, 0.6) is 0 Å². The molecule has 1 heterocycles. The molecule has 0 bridgehead atoms. The Morgan fingerprint density at radius 3 is 2.25 bits per heavy atom. The minimum Gasteiger partial charge on any atom is -0.387 e. The lowest BCUT2D eigenvalue weighted by Crippen LogP contribution is -2.38. The van der Waals surface area contributed by atoms with Gasteiger partial charge in [-0.2, -0.15) is 0 Å². The maximum Gasteiger partial charge on any atom is 0.0916 e. The zero-order valence-corrected chi connectivity index (χ0v) is 12.9. The molecule has 1 aliphatic heterocycles. The Bertz CT molecular complexity index is 396. The number of nitrogens with zero attached hydrogens (tertiary/aromatic N) is 1. The van der Waals surface area contributed by atoms with Crippen LogP contribution in [0.2, 0.25) is 0 Å². The van der Waals surface area contributed by atoms with E-state index in [9.17, 15) is 5.11 Å². The molecule has 0 amide bonds. The third kappa shape index (κ3) is 4.05. The molecule has 2 rings (SSSR count). The summed E-state index contributed by atoms with van der Waals surface area (Å²) in [7, 11) is 2.10. The molecule has 1 N–H and O–H groups in total. The molecule has 3 heteroatoms. The first-order chi connectivity index (χ1) is 9.58. The summed E-state index contributed by atoms with van der Waals surface area (Å²) in [5.74, 6) is 0.533. The Morgan fingerprint density at radius 2 is 1.70 bits per heavy atom. The fourth-order valence-corrected chi connectivity index (χ4v) is 2.76. The van der Waals surface area contributed by atoms with Gasteiger partial charge in [0.15, 0.2) is 0 Å². The molecular weight excluding hydrogens is 250 g/mol. The third-order valence-corrected chi connectivity index (χ3v) is 4.26. The summed E-state index contributed by atoms with van der Waals surface area (Å²) in [5, 5.41) is 10.4. The minimum absolute atomic E-state index is 0.413. The van der Waals surface area contributed by atoms with Gasteiger partial charge in [0, 0.05) is 25.8 Å². The highest BCUT2D eigenvalue weighted by atomic mass is 16.5. The Kier molecular flexibility index (Phi) is 5.58. The summed E-state index contributed by atoms with van der Waals surface area (Å²) in [6, 6.07) is 8.89. The van der Waals surface area contributed by atoms with E-state index in [1.165, 1.54) is 5.56 Å². The molecule has 1 unspecified atom stereocenters. The molecule has 1 atom stereocenters. The van der Waals surface area contributed by atoms with E-state index in [1.54, 1.807) is 0 Å². The van der Waals surface area contributed by atoms with Gasteiger partial charge in [0.25, 0.3) is 0 Å². The van der Waals surface area contributed by atoms with Crippen LogP contribution in [0.1, 0.15) is 49.8 Å². The Labute approximate surface area is 122 Å². The first-order valence-corrected chi connectivity index (χ1v) is 7.64. The zero-order chi connectivity index (χ0) is 14.5. The molecule has 3 nitrogen and oxygen atoms in total. The van der Waals surface area contributed by atoms with Gasteiger partial charge in [-0.3, -0.25) is 0 Å². The van der Waals surface area contributed by atoms with E-state index in [0.29, 0.717) is 18.5 Å². The van der Waals surface area contributed by atoms with Crippen molar-refractivity contribution in [2.24, 2.45) is 0 Å². The Morgan fingerprint density at radius 1 is 1.15 bits per heavy atom. The van der Waals surface area contributed by atoms with Gasteiger partial charge in [0.2, 0.25) is 0 Å². The van der Waals surface area contributed by atoms with Gasteiger partial charge in [-0.1, -0.05) is 38.1 Å². The van der Waals surface area contributed by atoms with Gasteiger partial charge in [0.05, 0.1) is 6.10 Å². The molecular formula is C17H27NO2. The highest BCUT2D eigenvalue weighted by Gasteiger charge is 2.21. The first-order valence-electron chi connectivity index (χ1n) is 7.64. The molecule has 1 aromatic carbocycles. The number of benzene rings is 1. The van der Waals surface area contributed by atoms with E-state index in [2.05, 4.69) is 50.1 Å².